The molecule has 0 aliphatic heterocycles. The van der Waals surface area contributed by atoms with Gasteiger partial charge in [0.1, 0.15) is 17.9 Å². The molecule has 10 nitrogen and oxygen atoms in total. The number of amides is 3. The van der Waals surface area contributed by atoms with Gasteiger partial charge in [0.2, 0.25) is 0 Å². The maximum Gasteiger partial charge on any atom is 0.338 e. The number of nitrogens with one attached hydrogen (secondary N) is 2. The fourth-order valence-corrected chi connectivity index (χ4v) is 2.99. The van der Waals surface area contributed by atoms with Crippen LogP contribution in [0.3, 0.4) is 0 Å². The summed E-state index contributed by atoms with van der Waals surface area (Å²) in [6, 6.07) is 12.4. The SMILES string of the molecule is COCCNC(=O)NC(=O)COC(=O)c1ccc(COc2ccc3c(C)cc(=O)oc3c2)cc1. The third kappa shape index (κ3) is 6.91. The Morgan fingerprint density at radius 3 is 2.53 bits per heavy atom. The van der Waals surface area contributed by atoms with Gasteiger partial charge >= 0.3 is 17.6 Å². The van der Waals surface area contributed by atoms with Crippen LogP contribution < -0.4 is 21.0 Å². The number of carbonyl (C=O) groups is 3. The van der Waals surface area contributed by atoms with Crippen molar-refractivity contribution in [1.82, 2.24) is 10.6 Å². The fraction of sp³-hybridized carbons (Fsp3) is 0.250. The minimum absolute atomic E-state index is 0.220. The number of urea groups is 1. The lowest BCUT2D eigenvalue weighted by Crippen LogP contribution is -2.42. The molecule has 34 heavy (non-hydrogen) atoms. The molecule has 3 amide bonds. The normalized spacial score (nSPS) is 10.5. The highest BCUT2D eigenvalue weighted by molar-refractivity contribution is 5.97. The van der Waals surface area contributed by atoms with E-state index in [4.69, 9.17) is 18.6 Å². The van der Waals surface area contributed by atoms with Gasteiger partial charge in [-0.05, 0) is 42.3 Å². The third-order valence-corrected chi connectivity index (χ3v) is 4.70. The van der Waals surface area contributed by atoms with E-state index in [1.165, 1.54) is 13.2 Å². The van der Waals surface area contributed by atoms with Crippen LogP contribution in [0, 0.1) is 6.92 Å². The van der Waals surface area contributed by atoms with Crippen molar-refractivity contribution in [2.24, 2.45) is 0 Å². The number of methoxy groups -OCH3 is 1. The predicted octanol–water partition coefficient (Wildman–Crippen LogP) is 2.31. The number of carbonyl (C=O) groups excluding carboxylic acids is 3. The predicted molar refractivity (Wildman–Crippen MR) is 122 cm³/mol. The highest BCUT2D eigenvalue weighted by atomic mass is 16.5. The summed E-state index contributed by atoms with van der Waals surface area (Å²) >= 11 is 0. The Morgan fingerprint density at radius 2 is 1.79 bits per heavy atom. The zero-order chi connectivity index (χ0) is 24.5. The quantitative estimate of drug-likeness (QED) is 0.278. The van der Waals surface area contributed by atoms with E-state index in [0.29, 0.717) is 17.9 Å². The van der Waals surface area contributed by atoms with Crippen LogP contribution in [0.5, 0.6) is 5.75 Å². The fourth-order valence-electron chi connectivity index (χ4n) is 2.99. The number of aryl methyl sites for hydroxylation is 1. The second-order valence-corrected chi connectivity index (χ2v) is 7.27. The van der Waals surface area contributed by atoms with Gasteiger partial charge in [0.25, 0.3) is 5.91 Å². The molecule has 0 saturated heterocycles. The lowest BCUT2D eigenvalue weighted by molar-refractivity contribution is -0.123. The minimum Gasteiger partial charge on any atom is -0.489 e. The zero-order valence-electron chi connectivity index (χ0n) is 18.7. The number of hydrogen-bond acceptors (Lipinski definition) is 8. The molecule has 0 aliphatic carbocycles. The summed E-state index contributed by atoms with van der Waals surface area (Å²) in [6.07, 6.45) is 0. The molecule has 1 aromatic heterocycles. The topological polar surface area (TPSA) is 133 Å². The summed E-state index contributed by atoms with van der Waals surface area (Å²) in [5, 5.41) is 5.28. The van der Waals surface area contributed by atoms with E-state index in [9.17, 15) is 19.2 Å². The van der Waals surface area contributed by atoms with Crippen molar-refractivity contribution in [3.63, 3.8) is 0 Å². The number of imide groups is 1. The molecule has 178 valence electrons. The Hall–Kier alpha value is -4.18. The van der Waals surface area contributed by atoms with E-state index in [0.717, 1.165) is 16.5 Å². The molecule has 2 aromatic carbocycles. The van der Waals surface area contributed by atoms with Crippen LogP contribution in [0.25, 0.3) is 11.0 Å². The first-order chi connectivity index (χ1) is 16.4. The monoisotopic (exact) mass is 468 g/mol. The van der Waals surface area contributed by atoms with Crippen molar-refractivity contribution in [3.8, 4) is 5.75 Å². The number of benzene rings is 2. The summed E-state index contributed by atoms with van der Waals surface area (Å²) < 4.78 is 20.7. The van der Waals surface area contributed by atoms with Crippen LogP contribution in [0.15, 0.2) is 57.7 Å². The van der Waals surface area contributed by atoms with E-state index in [1.807, 2.05) is 18.3 Å². The van der Waals surface area contributed by atoms with Gasteiger partial charge in [-0.2, -0.15) is 0 Å². The van der Waals surface area contributed by atoms with E-state index >= 15 is 0 Å². The van der Waals surface area contributed by atoms with Crippen LogP contribution in [0.1, 0.15) is 21.5 Å². The number of rotatable bonds is 9. The van der Waals surface area contributed by atoms with Gasteiger partial charge in [0, 0.05) is 31.2 Å². The van der Waals surface area contributed by atoms with E-state index in [-0.39, 0.29) is 18.7 Å². The van der Waals surface area contributed by atoms with E-state index < -0.39 is 30.1 Å². The average molecular weight is 468 g/mol. The van der Waals surface area contributed by atoms with Crippen LogP contribution in [0.4, 0.5) is 4.79 Å². The number of ether oxygens (including phenoxy) is 3. The van der Waals surface area contributed by atoms with Gasteiger partial charge in [0.15, 0.2) is 6.61 Å². The minimum atomic E-state index is -0.755. The first-order valence-corrected chi connectivity index (χ1v) is 10.4. The van der Waals surface area contributed by atoms with Crippen LogP contribution >= 0.6 is 0 Å². The molecule has 3 rings (SSSR count). The lowest BCUT2D eigenvalue weighted by Gasteiger charge is -2.09. The highest BCUT2D eigenvalue weighted by Crippen LogP contribution is 2.23. The Morgan fingerprint density at radius 1 is 1.03 bits per heavy atom. The van der Waals surface area contributed by atoms with Crippen LogP contribution in [-0.2, 0) is 20.9 Å². The smallest absolute Gasteiger partial charge is 0.338 e. The van der Waals surface area contributed by atoms with Gasteiger partial charge in [0.05, 0.1) is 12.2 Å². The average Bonchev–Trinajstić information content (AvgIpc) is 2.81. The molecule has 0 saturated carbocycles. The summed E-state index contributed by atoms with van der Waals surface area (Å²) in [4.78, 5) is 46.9. The number of hydrogen-bond donors (Lipinski definition) is 2. The van der Waals surface area contributed by atoms with Gasteiger partial charge in [-0.15, -0.1) is 0 Å². The van der Waals surface area contributed by atoms with Crippen molar-refractivity contribution in [3.05, 3.63) is 75.6 Å². The van der Waals surface area contributed by atoms with Gasteiger partial charge in [-0.3, -0.25) is 10.1 Å². The lowest BCUT2D eigenvalue weighted by atomic mass is 10.1. The van der Waals surface area contributed by atoms with Gasteiger partial charge in [-0.1, -0.05) is 12.1 Å². The second-order valence-electron chi connectivity index (χ2n) is 7.27. The molecule has 0 aliphatic rings. The maximum atomic E-state index is 12.1. The van der Waals surface area contributed by atoms with Crippen LogP contribution in [-0.4, -0.2) is 44.8 Å². The molecule has 2 N–H and O–H groups in total. The standard InChI is InChI=1S/C24H24N2O8/c1-15-11-22(28)34-20-12-18(7-8-19(15)20)32-13-16-3-5-17(6-4-16)23(29)33-14-21(27)26-24(30)25-9-10-31-2/h3-8,11-12H,9-10,13-14H2,1-2H3,(H2,25,26,27,30). The Kier molecular flexibility index (Phi) is 8.36. The molecular weight excluding hydrogens is 444 g/mol. The number of esters is 1. The Bertz CT molecular complexity index is 1230. The van der Waals surface area contributed by atoms with Crippen LogP contribution in [0.2, 0.25) is 0 Å². The number of fused-ring (bicyclic) bond motifs is 1. The first kappa shape index (κ1) is 24.5. The Labute approximate surface area is 194 Å². The van der Waals surface area contributed by atoms with Gasteiger partial charge in [-0.25, -0.2) is 14.4 Å². The van der Waals surface area contributed by atoms with Crippen molar-refractivity contribution >= 4 is 28.9 Å². The zero-order valence-corrected chi connectivity index (χ0v) is 18.7. The molecule has 1 heterocycles. The van der Waals surface area contributed by atoms with Crippen molar-refractivity contribution in [2.75, 3.05) is 26.9 Å². The molecule has 0 atom stereocenters. The van der Waals surface area contributed by atoms with Crippen molar-refractivity contribution in [2.45, 2.75) is 13.5 Å². The van der Waals surface area contributed by atoms with Gasteiger partial charge < -0.3 is 23.9 Å². The molecule has 0 unspecified atom stereocenters. The largest absolute Gasteiger partial charge is 0.489 e. The Balaban J connectivity index is 1.48. The molecule has 10 heteroatoms. The summed E-state index contributed by atoms with van der Waals surface area (Å²) in [6.45, 7) is 2.00. The molecule has 0 fully saturated rings. The molecule has 3 aromatic rings. The maximum absolute atomic E-state index is 12.1. The second kappa shape index (κ2) is 11.6. The highest BCUT2D eigenvalue weighted by Gasteiger charge is 2.12. The first-order valence-electron chi connectivity index (χ1n) is 10.4. The summed E-state index contributed by atoms with van der Waals surface area (Å²) in [7, 11) is 1.48. The summed E-state index contributed by atoms with van der Waals surface area (Å²) in [5.41, 5.74) is 1.87. The molecular formula is C24H24N2O8. The van der Waals surface area contributed by atoms with Crippen molar-refractivity contribution < 1.29 is 33.0 Å². The molecule has 0 bridgehead atoms. The molecule has 0 radical (unpaired) electrons. The third-order valence-electron chi connectivity index (χ3n) is 4.70. The van der Waals surface area contributed by atoms with E-state index in [2.05, 4.69) is 5.32 Å². The summed E-state index contributed by atoms with van der Waals surface area (Å²) in [5.74, 6) is -0.931. The molecule has 0 spiro atoms. The van der Waals surface area contributed by atoms with Crippen molar-refractivity contribution in [1.29, 1.82) is 0 Å². The van der Waals surface area contributed by atoms with E-state index in [1.54, 1.807) is 36.4 Å².